The molecule has 1 aliphatic rings. The number of hydrogen-bond acceptors (Lipinski definition) is 4. The minimum absolute atomic E-state index is 0.182. The highest BCUT2D eigenvalue weighted by molar-refractivity contribution is 5.87. The molecule has 148 valence electrons. The van der Waals surface area contributed by atoms with Gasteiger partial charge >= 0.3 is 18.2 Å². The molecule has 1 aliphatic heterocycles. The molecule has 5 nitrogen and oxygen atoms in total. The molecule has 0 aliphatic carbocycles. The number of methoxy groups -OCH3 is 1. The van der Waals surface area contributed by atoms with Crippen molar-refractivity contribution in [3.8, 4) is 0 Å². The minimum Gasteiger partial charge on any atom is -0.467 e. The SMILES string of the molecule is COC(=O)[C@H]1C=C(c2ccc(C(F)(F)F)cc2)CCN1C(=O)OC(C)(C)C. The molecule has 1 atom stereocenters. The molecule has 0 fully saturated rings. The van der Waals surface area contributed by atoms with Gasteiger partial charge in [-0.05, 0) is 56.5 Å². The van der Waals surface area contributed by atoms with E-state index in [0.29, 0.717) is 17.6 Å². The van der Waals surface area contributed by atoms with Crippen LogP contribution in [0.25, 0.3) is 5.57 Å². The van der Waals surface area contributed by atoms with Gasteiger partial charge in [0.1, 0.15) is 5.60 Å². The van der Waals surface area contributed by atoms with E-state index in [1.165, 1.54) is 30.2 Å². The van der Waals surface area contributed by atoms with E-state index >= 15 is 0 Å². The summed E-state index contributed by atoms with van der Waals surface area (Å²) < 4.78 is 48.2. The van der Waals surface area contributed by atoms with Gasteiger partial charge in [-0.1, -0.05) is 12.1 Å². The maximum Gasteiger partial charge on any atom is 0.416 e. The van der Waals surface area contributed by atoms with Crippen LogP contribution in [0.4, 0.5) is 18.0 Å². The summed E-state index contributed by atoms with van der Waals surface area (Å²) in [6.07, 6.45) is -3.16. The average molecular weight is 385 g/mol. The minimum atomic E-state index is -4.42. The summed E-state index contributed by atoms with van der Waals surface area (Å²) in [5.41, 5.74) is -0.253. The van der Waals surface area contributed by atoms with Crippen LogP contribution < -0.4 is 0 Å². The highest BCUT2D eigenvalue weighted by Crippen LogP contribution is 2.32. The van der Waals surface area contributed by atoms with Crippen molar-refractivity contribution in [1.29, 1.82) is 0 Å². The van der Waals surface area contributed by atoms with Crippen LogP contribution in [-0.4, -0.2) is 42.3 Å². The molecule has 1 aromatic rings. The lowest BCUT2D eigenvalue weighted by Crippen LogP contribution is -2.49. The smallest absolute Gasteiger partial charge is 0.416 e. The van der Waals surface area contributed by atoms with Gasteiger partial charge in [0.15, 0.2) is 6.04 Å². The fourth-order valence-electron chi connectivity index (χ4n) is 2.70. The summed E-state index contributed by atoms with van der Waals surface area (Å²) in [7, 11) is 1.20. The molecule has 0 N–H and O–H groups in total. The van der Waals surface area contributed by atoms with Crippen molar-refractivity contribution >= 4 is 17.6 Å². The number of carbonyl (C=O) groups is 2. The fourth-order valence-corrected chi connectivity index (χ4v) is 2.70. The Morgan fingerprint density at radius 3 is 2.19 bits per heavy atom. The summed E-state index contributed by atoms with van der Waals surface area (Å²) in [6.45, 7) is 5.32. The van der Waals surface area contributed by atoms with Crippen molar-refractivity contribution < 1.29 is 32.2 Å². The number of rotatable bonds is 2. The first-order chi connectivity index (χ1) is 12.4. The Kier molecular flexibility index (Phi) is 5.87. The van der Waals surface area contributed by atoms with Gasteiger partial charge in [-0.2, -0.15) is 13.2 Å². The third kappa shape index (κ3) is 5.24. The van der Waals surface area contributed by atoms with Crippen molar-refractivity contribution in [2.45, 2.75) is 45.0 Å². The predicted octanol–water partition coefficient (Wildman–Crippen LogP) is 4.27. The van der Waals surface area contributed by atoms with Crippen LogP contribution in [-0.2, 0) is 20.4 Å². The standard InChI is InChI=1S/C19H22F3NO4/c1-18(2,3)27-17(25)23-10-9-13(11-15(23)16(24)26-4)12-5-7-14(8-6-12)19(20,21)22/h5-8,11,15H,9-10H2,1-4H3/t15-/m1/s1. The molecule has 1 aromatic carbocycles. The van der Waals surface area contributed by atoms with Gasteiger partial charge < -0.3 is 9.47 Å². The van der Waals surface area contributed by atoms with Gasteiger partial charge in [0.25, 0.3) is 0 Å². The van der Waals surface area contributed by atoms with E-state index in [1.54, 1.807) is 20.8 Å². The highest BCUT2D eigenvalue weighted by Gasteiger charge is 2.35. The monoisotopic (exact) mass is 385 g/mol. The molecule has 0 spiro atoms. The summed E-state index contributed by atoms with van der Waals surface area (Å²) in [4.78, 5) is 25.8. The number of alkyl halides is 3. The summed E-state index contributed by atoms with van der Waals surface area (Å²) in [5, 5.41) is 0. The van der Waals surface area contributed by atoms with Crippen molar-refractivity contribution in [3.63, 3.8) is 0 Å². The average Bonchev–Trinajstić information content (AvgIpc) is 2.58. The molecule has 0 bridgehead atoms. The summed E-state index contributed by atoms with van der Waals surface area (Å²) in [6, 6.07) is 3.68. The molecule has 0 unspecified atom stereocenters. The highest BCUT2D eigenvalue weighted by atomic mass is 19.4. The van der Waals surface area contributed by atoms with Gasteiger partial charge in [0.05, 0.1) is 12.7 Å². The van der Waals surface area contributed by atoms with E-state index in [2.05, 4.69) is 0 Å². The Balaban J connectivity index is 2.30. The Hall–Kier alpha value is -2.51. The van der Waals surface area contributed by atoms with Crippen LogP contribution in [0, 0.1) is 0 Å². The van der Waals surface area contributed by atoms with Gasteiger partial charge in [0.2, 0.25) is 0 Å². The van der Waals surface area contributed by atoms with E-state index in [1.807, 2.05) is 0 Å². The first-order valence-electron chi connectivity index (χ1n) is 8.38. The van der Waals surface area contributed by atoms with Crippen LogP contribution >= 0.6 is 0 Å². The number of amides is 1. The molecule has 27 heavy (non-hydrogen) atoms. The van der Waals surface area contributed by atoms with Crippen molar-refractivity contribution in [2.75, 3.05) is 13.7 Å². The molecular formula is C19H22F3NO4. The van der Waals surface area contributed by atoms with Crippen LogP contribution in [0.2, 0.25) is 0 Å². The number of carbonyl (C=O) groups excluding carboxylic acids is 2. The fraction of sp³-hybridized carbons (Fsp3) is 0.474. The topological polar surface area (TPSA) is 55.8 Å². The lowest BCUT2D eigenvalue weighted by molar-refractivity contribution is -0.145. The zero-order chi connectivity index (χ0) is 20.4. The van der Waals surface area contributed by atoms with Crippen molar-refractivity contribution in [3.05, 3.63) is 41.5 Å². The number of ether oxygens (including phenoxy) is 2. The first kappa shape index (κ1) is 20.8. The van der Waals surface area contributed by atoms with Gasteiger partial charge in [-0.3, -0.25) is 4.90 Å². The molecule has 1 heterocycles. The van der Waals surface area contributed by atoms with E-state index in [-0.39, 0.29) is 6.54 Å². The first-order valence-corrected chi connectivity index (χ1v) is 8.38. The Morgan fingerprint density at radius 2 is 1.70 bits per heavy atom. The molecular weight excluding hydrogens is 363 g/mol. The molecule has 0 saturated heterocycles. The molecule has 1 amide bonds. The Bertz CT molecular complexity index is 733. The predicted molar refractivity (Wildman–Crippen MR) is 92.8 cm³/mol. The van der Waals surface area contributed by atoms with Gasteiger partial charge in [-0.15, -0.1) is 0 Å². The number of esters is 1. The molecule has 0 radical (unpaired) electrons. The lowest BCUT2D eigenvalue weighted by Gasteiger charge is -2.34. The van der Waals surface area contributed by atoms with Crippen LogP contribution in [0.15, 0.2) is 30.3 Å². The molecule has 0 aromatic heterocycles. The molecule has 8 heteroatoms. The second-order valence-electron chi connectivity index (χ2n) is 7.16. The van der Waals surface area contributed by atoms with E-state index in [9.17, 15) is 22.8 Å². The Morgan fingerprint density at radius 1 is 1.11 bits per heavy atom. The zero-order valence-corrected chi connectivity index (χ0v) is 15.6. The summed E-state index contributed by atoms with van der Waals surface area (Å²) in [5.74, 6) is -0.648. The van der Waals surface area contributed by atoms with Gasteiger partial charge in [-0.25, -0.2) is 9.59 Å². The summed E-state index contributed by atoms with van der Waals surface area (Å²) >= 11 is 0. The third-order valence-corrected chi connectivity index (χ3v) is 3.97. The van der Waals surface area contributed by atoms with Crippen molar-refractivity contribution in [2.24, 2.45) is 0 Å². The number of benzene rings is 1. The zero-order valence-electron chi connectivity index (χ0n) is 15.6. The van der Waals surface area contributed by atoms with Crippen LogP contribution in [0.1, 0.15) is 38.3 Å². The second kappa shape index (κ2) is 7.62. The van der Waals surface area contributed by atoms with E-state index in [0.717, 1.165) is 12.1 Å². The number of hydrogen-bond donors (Lipinski definition) is 0. The maximum absolute atomic E-state index is 12.7. The van der Waals surface area contributed by atoms with Crippen LogP contribution in [0.5, 0.6) is 0 Å². The maximum atomic E-state index is 12.7. The number of nitrogens with zero attached hydrogens (tertiary/aromatic N) is 1. The van der Waals surface area contributed by atoms with E-state index < -0.39 is 35.4 Å². The quantitative estimate of drug-likeness (QED) is 0.714. The molecule has 2 rings (SSSR count). The second-order valence-corrected chi connectivity index (χ2v) is 7.16. The largest absolute Gasteiger partial charge is 0.467 e. The van der Waals surface area contributed by atoms with Crippen LogP contribution in [0.3, 0.4) is 0 Å². The van der Waals surface area contributed by atoms with Crippen molar-refractivity contribution in [1.82, 2.24) is 4.90 Å². The number of halogens is 3. The normalized spacial score (nSPS) is 18.0. The van der Waals surface area contributed by atoms with E-state index in [4.69, 9.17) is 9.47 Å². The molecule has 0 saturated carbocycles. The Labute approximate surface area is 155 Å². The third-order valence-electron chi connectivity index (χ3n) is 3.97. The van der Waals surface area contributed by atoms with Gasteiger partial charge in [0, 0.05) is 6.54 Å². The lowest BCUT2D eigenvalue weighted by atomic mass is 9.95.